The van der Waals surface area contributed by atoms with Crippen molar-refractivity contribution in [2.24, 2.45) is 11.3 Å². The molecule has 2 N–H and O–H groups in total. The van der Waals surface area contributed by atoms with Crippen LogP contribution in [0.25, 0.3) is 0 Å². The topological polar surface area (TPSA) is 67.2 Å². The van der Waals surface area contributed by atoms with Gasteiger partial charge in [-0.05, 0) is 17.8 Å². The van der Waals surface area contributed by atoms with Crippen molar-refractivity contribution in [1.29, 1.82) is 0 Å². The van der Waals surface area contributed by atoms with E-state index in [2.05, 4.69) is 31.2 Å². The predicted molar refractivity (Wildman–Crippen MR) is 86.9 cm³/mol. The molecule has 0 aliphatic carbocycles. The molecule has 0 radical (unpaired) electrons. The summed E-state index contributed by atoms with van der Waals surface area (Å²) in [7, 11) is 0. The summed E-state index contributed by atoms with van der Waals surface area (Å²) < 4.78 is 1.39. The maximum atomic E-state index is 12.2. The first-order valence-corrected chi connectivity index (χ1v) is 7.67. The number of aliphatic hydroxyl groups excluding tert-OH is 1. The van der Waals surface area contributed by atoms with E-state index >= 15 is 0 Å². The third-order valence-corrected chi connectivity index (χ3v) is 3.68. The van der Waals surface area contributed by atoms with Crippen LogP contribution in [0.15, 0.2) is 11.0 Å². The smallest absolute Gasteiger partial charge is 0.287 e. The first-order valence-electron chi connectivity index (χ1n) is 7.29. The minimum absolute atomic E-state index is 0.00199. The van der Waals surface area contributed by atoms with Gasteiger partial charge < -0.3 is 10.4 Å². The van der Waals surface area contributed by atoms with Crippen molar-refractivity contribution in [3.8, 4) is 0 Å². The predicted octanol–water partition coefficient (Wildman–Crippen LogP) is 2.76. The van der Waals surface area contributed by atoms with Crippen LogP contribution in [0.4, 0.5) is 5.69 Å². The fourth-order valence-corrected chi connectivity index (χ4v) is 2.28. The molecule has 0 aromatic carbocycles. The van der Waals surface area contributed by atoms with Gasteiger partial charge in [-0.3, -0.25) is 4.79 Å². The molecule has 120 valence electrons. The van der Waals surface area contributed by atoms with E-state index in [1.165, 1.54) is 4.68 Å². The van der Waals surface area contributed by atoms with Gasteiger partial charge in [0.15, 0.2) is 0 Å². The molecule has 0 spiro atoms. The van der Waals surface area contributed by atoms with Gasteiger partial charge in [0, 0.05) is 19.2 Å². The standard InChI is InChI=1S/C15H26ClN3O2/c1-10(2)9-19-14(21)13(16)11(8-17-19)18-12(6-7-20)15(3,4)5/h8,10,12,18,20H,6-7,9H2,1-5H3. The highest BCUT2D eigenvalue weighted by Crippen LogP contribution is 2.27. The molecule has 6 heteroatoms. The molecule has 5 nitrogen and oxygen atoms in total. The molecule has 1 heterocycles. The van der Waals surface area contributed by atoms with Crippen molar-refractivity contribution in [2.45, 2.75) is 53.6 Å². The molecule has 0 aliphatic rings. The number of hydrogen-bond donors (Lipinski definition) is 2. The van der Waals surface area contributed by atoms with Gasteiger partial charge in [0.2, 0.25) is 0 Å². The van der Waals surface area contributed by atoms with Gasteiger partial charge in [-0.25, -0.2) is 4.68 Å². The van der Waals surface area contributed by atoms with E-state index in [9.17, 15) is 9.90 Å². The molecule has 1 aromatic heterocycles. The van der Waals surface area contributed by atoms with Crippen molar-refractivity contribution in [1.82, 2.24) is 9.78 Å². The number of anilines is 1. The number of hydrogen-bond acceptors (Lipinski definition) is 4. The van der Waals surface area contributed by atoms with Gasteiger partial charge in [-0.2, -0.15) is 5.10 Å². The van der Waals surface area contributed by atoms with Crippen molar-refractivity contribution >= 4 is 17.3 Å². The van der Waals surface area contributed by atoms with E-state index in [0.29, 0.717) is 24.6 Å². The summed E-state index contributed by atoms with van der Waals surface area (Å²) in [5.74, 6) is 0.321. The number of nitrogens with zero attached hydrogens (tertiary/aromatic N) is 2. The van der Waals surface area contributed by atoms with E-state index in [-0.39, 0.29) is 28.6 Å². The van der Waals surface area contributed by atoms with E-state index in [1.807, 2.05) is 13.8 Å². The zero-order valence-corrected chi connectivity index (χ0v) is 14.2. The zero-order chi connectivity index (χ0) is 16.2. The van der Waals surface area contributed by atoms with Crippen molar-refractivity contribution in [3.05, 3.63) is 21.6 Å². The van der Waals surface area contributed by atoms with Crippen LogP contribution < -0.4 is 10.9 Å². The molecule has 1 rings (SSSR count). The van der Waals surface area contributed by atoms with Crippen LogP contribution in [0.3, 0.4) is 0 Å². The summed E-state index contributed by atoms with van der Waals surface area (Å²) in [5, 5.41) is 16.8. The Bertz CT molecular complexity index is 521. The highest BCUT2D eigenvalue weighted by Gasteiger charge is 2.25. The number of nitrogens with one attached hydrogen (secondary N) is 1. The number of halogens is 1. The maximum Gasteiger partial charge on any atom is 0.287 e. The van der Waals surface area contributed by atoms with Crippen LogP contribution >= 0.6 is 11.6 Å². The molecule has 0 fully saturated rings. The minimum Gasteiger partial charge on any atom is -0.396 e. The minimum atomic E-state index is -0.285. The lowest BCUT2D eigenvalue weighted by molar-refractivity contribution is 0.235. The Morgan fingerprint density at radius 1 is 1.43 bits per heavy atom. The van der Waals surface area contributed by atoms with Crippen LogP contribution in [0.2, 0.25) is 5.02 Å². The van der Waals surface area contributed by atoms with E-state index in [1.54, 1.807) is 6.20 Å². The summed E-state index contributed by atoms with van der Waals surface area (Å²) in [6.07, 6.45) is 2.16. The third-order valence-electron chi connectivity index (χ3n) is 3.32. The molecule has 1 atom stereocenters. The molecular weight excluding hydrogens is 290 g/mol. The average Bonchev–Trinajstić information content (AvgIpc) is 2.35. The van der Waals surface area contributed by atoms with Crippen LogP contribution in [0.1, 0.15) is 41.0 Å². The second-order valence-electron chi connectivity index (χ2n) is 6.83. The second-order valence-corrected chi connectivity index (χ2v) is 7.21. The number of rotatable bonds is 6. The Balaban J connectivity index is 3.04. The second kappa shape index (κ2) is 7.27. The molecule has 0 aliphatic heterocycles. The first-order chi connectivity index (χ1) is 9.66. The van der Waals surface area contributed by atoms with Gasteiger partial charge >= 0.3 is 0 Å². The summed E-state index contributed by atoms with van der Waals surface area (Å²) in [6.45, 7) is 10.9. The molecule has 0 bridgehead atoms. The Hall–Kier alpha value is -1.07. The lowest BCUT2D eigenvalue weighted by Crippen LogP contribution is -2.36. The maximum absolute atomic E-state index is 12.2. The number of aliphatic hydroxyl groups is 1. The SMILES string of the molecule is CC(C)Cn1ncc(NC(CCO)C(C)(C)C)c(Cl)c1=O. The molecule has 1 aromatic rings. The Morgan fingerprint density at radius 3 is 2.52 bits per heavy atom. The van der Waals surface area contributed by atoms with Gasteiger partial charge in [0.25, 0.3) is 5.56 Å². The first kappa shape index (κ1) is 18.0. The molecular formula is C15H26ClN3O2. The average molecular weight is 316 g/mol. The zero-order valence-electron chi connectivity index (χ0n) is 13.5. The summed E-state index contributed by atoms with van der Waals surface area (Å²) in [4.78, 5) is 12.2. The van der Waals surface area contributed by atoms with Crippen molar-refractivity contribution < 1.29 is 5.11 Å². The van der Waals surface area contributed by atoms with Crippen LogP contribution in [0.5, 0.6) is 0 Å². The van der Waals surface area contributed by atoms with Crippen LogP contribution in [-0.4, -0.2) is 27.5 Å². The molecule has 0 amide bonds. The van der Waals surface area contributed by atoms with E-state index in [0.717, 1.165) is 0 Å². The lowest BCUT2D eigenvalue weighted by atomic mass is 9.85. The highest BCUT2D eigenvalue weighted by atomic mass is 35.5. The van der Waals surface area contributed by atoms with E-state index in [4.69, 9.17) is 11.6 Å². The van der Waals surface area contributed by atoms with Gasteiger partial charge in [-0.15, -0.1) is 0 Å². The largest absolute Gasteiger partial charge is 0.396 e. The highest BCUT2D eigenvalue weighted by molar-refractivity contribution is 6.32. The molecule has 0 saturated heterocycles. The van der Waals surface area contributed by atoms with Gasteiger partial charge in [-0.1, -0.05) is 46.2 Å². The molecule has 1 unspecified atom stereocenters. The number of aromatic nitrogens is 2. The molecule has 0 saturated carbocycles. The summed E-state index contributed by atoms with van der Waals surface area (Å²) in [5.41, 5.74) is 0.167. The third kappa shape index (κ3) is 5.00. The molecule has 21 heavy (non-hydrogen) atoms. The fraction of sp³-hybridized carbons (Fsp3) is 0.733. The Labute approximate surface area is 131 Å². The summed E-state index contributed by atoms with van der Waals surface area (Å²) >= 11 is 6.18. The normalized spacial score (nSPS) is 13.5. The Kier molecular flexibility index (Phi) is 6.23. The van der Waals surface area contributed by atoms with Gasteiger partial charge in [0.05, 0.1) is 11.9 Å². The van der Waals surface area contributed by atoms with Crippen LogP contribution in [-0.2, 0) is 6.54 Å². The quantitative estimate of drug-likeness (QED) is 0.847. The van der Waals surface area contributed by atoms with Crippen molar-refractivity contribution in [3.63, 3.8) is 0 Å². The Morgan fingerprint density at radius 2 is 2.05 bits per heavy atom. The summed E-state index contributed by atoms with van der Waals surface area (Å²) in [6, 6.07) is 0.00199. The van der Waals surface area contributed by atoms with Gasteiger partial charge in [0.1, 0.15) is 5.02 Å². The van der Waals surface area contributed by atoms with E-state index < -0.39 is 0 Å². The lowest BCUT2D eigenvalue weighted by Gasteiger charge is -2.32. The fourth-order valence-electron chi connectivity index (χ4n) is 2.08. The van der Waals surface area contributed by atoms with Crippen molar-refractivity contribution in [2.75, 3.05) is 11.9 Å². The van der Waals surface area contributed by atoms with Crippen LogP contribution in [0, 0.1) is 11.3 Å². The monoisotopic (exact) mass is 315 g/mol.